The summed E-state index contributed by atoms with van der Waals surface area (Å²) in [4.78, 5) is 31.6. The number of anilines is 1. The maximum atomic E-state index is 13.5. The highest BCUT2D eigenvalue weighted by molar-refractivity contribution is 6.00. The minimum Gasteiger partial charge on any atom is -0.497 e. The summed E-state index contributed by atoms with van der Waals surface area (Å²) in [5.74, 6) is 0.633. The van der Waals surface area contributed by atoms with Gasteiger partial charge in [0, 0.05) is 18.3 Å². The molecular formula is C29H28N5O3+. The van der Waals surface area contributed by atoms with Gasteiger partial charge in [-0.1, -0.05) is 53.5 Å². The Morgan fingerprint density at radius 2 is 1.81 bits per heavy atom. The summed E-state index contributed by atoms with van der Waals surface area (Å²) in [6.07, 6.45) is 2.36. The lowest BCUT2D eigenvalue weighted by atomic mass is 10.1. The first kappa shape index (κ1) is 24.0. The van der Waals surface area contributed by atoms with Crippen LogP contribution >= 0.6 is 0 Å². The van der Waals surface area contributed by atoms with E-state index in [1.807, 2.05) is 67.6 Å². The Morgan fingerprint density at radius 3 is 2.54 bits per heavy atom. The third-order valence-corrected chi connectivity index (χ3v) is 6.46. The number of ether oxygens (including phenoxy) is 1. The standard InChI is InChI=1S/C29H27N5O3/c1-19-7-6-16-33-26(19)32-27-24(29(33)36)17-23(28(35)31-15-14-20-8-4-3-5-9-20)25(30)34(27)18-21-10-12-22(37-2)13-11-21/h3-13,16-17,30H,14-15,18H2,1-2H3,(H,31,35)/p+1. The summed E-state index contributed by atoms with van der Waals surface area (Å²) in [5, 5.41) is 3.27. The molecule has 0 saturated heterocycles. The number of nitrogens with one attached hydrogen (secondary N) is 1. The molecule has 0 aliphatic rings. The Kier molecular flexibility index (Phi) is 6.55. The van der Waals surface area contributed by atoms with Crippen LogP contribution in [0.1, 0.15) is 27.0 Å². The predicted octanol–water partition coefficient (Wildman–Crippen LogP) is 3.06. The van der Waals surface area contributed by atoms with Gasteiger partial charge in [-0.25, -0.2) is 4.57 Å². The van der Waals surface area contributed by atoms with Gasteiger partial charge in [0.2, 0.25) is 11.5 Å². The van der Waals surface area contributed by atoms with Crippen molar-refractivity contribution in [2.24, 2.45) is 0 Å². The first-order valence-corrected chi connectivity index (χ1v) is 12.1. The second-order valence-corrected chi connectivity index (χ2v) is 8.91. The highest BCUT2D eigenvalue weighted by Crippen LogP contribution is 2.18. The number of carbonyl (C=O) groups is 1. The summed E-state index contributed by atoms with van der Waals surface area (Å²) in [5.41, 5.74) is 10.4. The van der Waals surface area contributed by atoms with Crippen LogP contribution in [0.3, 0.4) is 0 Å². The lowest BCUT2D eigenvalue weighted by molar-refractivity contribution is -0.649. The molecule has 0 aliphatic heterocycles. The molecular weight excluding hydrogens is 466 g/mol. The van der Waals surface area contributed by atoms with Crippen molar-refractivity contribution < 1.29 is 14.1 Å². The summed E-state index contributed by atoms with van der Waals surface area (Å²) in [6, 6.07) is 22.7. The summed E-state index contributed by atoms with van der Waals surface area (Å²) < 4.78 is 8.51. The molecule has 3 N–H and O–H groups in total. The normalized spacial score (nSPS) is 11.1. The van der Waals surface area contributed by atoms with Gasteiger partial charge in [-0.15, -0.1) is 0 Å². The van der Waals surface area contributed by atoms with Crippen molar-refractivity contribution in [1.82, 2.24) is 14.7 Å². The number of benzene rings is 2. The van der Waals surface area contributed by atoms with Crippen molar-refractivity contribution in [2.45, 2.75) is 19.9 Å². The maximum absolute atomic E-state index is 13.5. The first-order chi connectivity index (χ1) is 18.0. The Labute approximate surface area is 214 Å². The van der Waals surface area contributed by atoms with E-state index in [1.54, 1.807) is 30.0 Å². The smallest absolute Gasteiger partial charge is 0.278 e. The molecule has 8 nitrogen and oxygen atoms in total. The van der Waals surface area contributed by atoms with Gasteiger partial charge >= 0.3 is 0 Å². The number of aryl methyl sites for hydroxylation is 1. The number of nitrogens with zero attached hydrogens (tertiary/aromatic N) is 3. The number of fused-ring (bicyclic) bond motifs is 2. The van der Waals surface area contributed by atoms with E-state index in [0.29, 0.717) is 36.2 Å². The van der Waals surface area contributed by atoms with Crippen LogP contribution < -0.4 is 25.9 Å². The number of aromatic nitrogens is 3. The largest absolute Gasteiger partial charge is 0.497 e. The van der Waals surface area contributed by atoms with Crippen LogP contribution in [0.25, 0.3) is 16.7 Å². The Balaban J connectivity index is 1.60. The van der Waals surface area contributed by atoms with Gasteiger partial charge in [0.15, 0.2) is 0 Å². The van der Waals surface area contributed by atoms with Gasteiger partial charge in [0.05, 0.1) is 13.7 Å². The lowest BCUT2D eigenvalue weighted by Crippen LogP contribution is -2.43. The van der Waals surface area contributed by atoms with Crippen molar-refractivity contribution in [1.29, 1.82) is 0 Å². The molecule has 3 aromatic heterocycles. The highest BCUT2D eigenvalue weighted by atomic mass is 16.5. The number of hydrogen-bond donors (Lipinski definition) is 2. The Bertz CT molecular complexity index is 1660. The summed E-state index contributed by atoms with van der Waals surface area (Å²) in [7, 11) is 1.61. The van der Waals surface area contributed by atoms with Crippen molar-refractivity contribution >= 4 is 28.4 Å². The number of nitrogens with two attached hydrogens (primary N) is 1. The molecule has 0 spiro atoms. The Morgan fingerprint density at radius 1 is 1.05 bits per heavy atom. The van der Waals surface area contributed by atoms with Gasteiger partial charge in [0.25, 0.3) is 17.1 Å². The van der Waals surface area contributed by atoms with E-state index in [0.717, 1.165) is 22.4 Å². The topological polar surface area (TPSA) is 103 Å². The molecule has 0 bridgehead atoms. The van der Waals surface area contributed by atoms with Crippen LogP contribution in [0, 0.1) is 6.92 Å². The fourth-order valence-corrected chi connectivity index (χ4v) is 4.43. The molecule has 2 aromatic carbocycles. The van der Waals surface area contributed by atoms with Crippen molar-refractivity contribution in [3.8, 4) is 5.75 Å². The van der Waals surface area contributed by atoms with Gasteiger partial charge < -0.3 is 15.8 Å². The number of nitrogen functional groups attached to an aromatic ring is 1. The van der Waals surface area contributed by atoms with Gasteiger partial charge in [0.1, 0.15) is 16.7 Å². The van der Waals surface area contributed by atoms with Crippen molar-refractivity contribution in [3.05, 3.63) is 112 Å². The van der Waals surface area contributed by atoms with Gasteiger partial charge in [-0.3, -0.25) is 14.0 Å². The number of methoxy groups -OCH3 is 1. The monoisotopic (exact) mass is 494 g/mol. The molecule has 5 aromatic rings. The quantitative estimate of drug-likeness (QED) is 0.267. The number of amides is 1. The Hall–Kier alpha value is -4.72. The molecule has 8 heteroatoms. The van der Waals surface area contributed by atoms with E-state index < -0.39 is 0 Å². The molecule has 0 saturated carbocycles. The van der Waals surface area contributed by atoms with Crippen LogP contribution in [0.2, 0.25) is 0 Å². The minimum atomic E-state index is -0.340. The number of rotatable bonds is 7. The zero-order chi connectivity index (χ0) is 25.9. The van der Waals surface area contributed by atoms with E-state index in [4.69, 9.17) is 15.5 Å². The van der Waals surface area contributed by atoms with Crippen molar-refractivity contribution in [2.75, 3.05) is 19.4 Å². The first-order valence-electron chi connectivity index (χ1n) is 12.1. The molecule has 37 heavy (non-hydrogen) atoms. The fourth-order valence-electron chi connectivity index (χ4n) is 4.43. The van der Waals surface area contributed by atoms with E-state index in [1.165, 1.54) is 4.40 Å². The van der Waals surface area contributed by atoms with Crippen LogP contribution in [0.4, 0.5) is 5.82 Å². The summed E-state index contributed by atoms with van der Waals surface area (Å²) in [6.45, 7) is 2.66. The third-order valence-electron chi connectivity index (χ3n) is 6.46. The highest BCUT2D eigenvalue weighted by Gasteiger charge is 2.25. The molecule has 186 valence electrons. The van der Waals surface area contributed by atoms with Crippen LogP contribution in [-0.2, 0) is 13.0 Å². The second kappa shape index (κ2) is 10.1. The molecule has 5 rings (SSSR count). The average Bonchev–Trinajstić information content (AvgIpc) is 2.92. The second-order valence-electron chi connectivity index (χ2n) is 8.91. The minimum absolute atomic E-state index is 0.237. The predicted molar refractivity (Wildman–Crippen MR) is 143 cm³/mol. The van der Waals surface area contributed by atoms with Crippen molar-refractivity contribution in [3.63, 3.8) is 0 Å². The third kappa shape index (κ3) is 4.73. The molecule has 1 amide bonds. The lowest BCUT2D eigenvalue weighted by Gasteiger charge is -2.13. The summed E-state index contributed by atoms with van der Waals surface area (Å²) >= 11 is 0. The number of carbonyl (C=O) groups excluding carboxylic acids is 1. The average molecular weight is 495 g/mol. The SMILES string of the molecule is COc1ccc(C[n+]2c(N)c(C(=O)NCCc3ccccc3)cc3c(=O)n4cccc(C)c4nc32)cc1. The van der Waals surface area contributed by atoms with E-state index >= 15 is 0 Å². The molecule has 0 radical (unpaired) electrons. The fraction of sp³-hybridized carbons (Fsp3) is 0.172. The molecule has 3 heterocycles. The number of hydrogen-bond acceptors (Lipinski definition) is 5. The molecule has 0 unspecified atom stereocenters. The zero-order valence-electron chi connectivity index (χ0n) is 20.8. The van der Waals surface area contributed by atoms with E-state index in [2.05, 4.69) is 5.32 Å². The molecule has 0 fully saturated rings. The van der Waals surface area contributed by atoms with Crippen LogP contribution in [0.15, 0.2) is 83.8 Å². The van der Waals surface area contributed by atoms with Gasteiger partial charge in [-0.2, -0.15) is 0 Å². The number of pyridine rings is 2. The molecule has 0 atom stereocenters. The maximum Gasteiger partial charge on any atom is 0.278 e. The zero-order valence-corrected chi connectivity index (χ0v) is 20.8. The van der Waals surface area contributed by atoms with Crippen LogP contribution in [0.5, 0.6) is 5.75 Å². The van der Waals surface area contributed by atoms with E-state index in [9.17, 15) is 9.59 Å². The van der Waals surface area contributed by atoms with E-state index in [-0.39, 0.29) is 22.8 Å². The van der Waals surface area contributed by atoms with Gasteiger partial charge in [-0.05, 0) is 48.7 Å². The molecule has 0 aliphatic carbocycles. The van der Waals surface area contributed by atoms with Crippen LogP contribution in [-0.4, -0.2) is 28.9 Å².